The number of epoxide rings is 1. The molecule has 0 aromatic carbocycles. The van der Waals surface area contributed by atoms with Gasteiger partial charge in [0, 0.05) is 20.3 Å². The van der Waals surface area contributed by atoms with E-state index >= 15 is 0 Å². The molecule has 0 aliphatic carbocycles. The van der Waals surface area contributed by atoms with Crippen molar-refractivity contribution in [1.29, 1.82) is 0 Å². The number of hydrogen-bond donors (Lipinski definition) is 0. The van der Waals surface area contributed by atoms with Crippen LogP contribution in [0.25, 0.3) is 0 Å². The Balaban J connectivity index is 1.73. The van der Waals surface area contributed by atoms with Crippen molar-refractivity contribution in [3.05, 3.63) is 0 Å². The Morgan fingerprint density at radius 3 is 2.50 bits per heavy atom. The molecule has 0 radical (unpaired) electrons. The van der Waals surface area contributed by atoms with Crippen LogP contribution >= 0.6 is 0 Å². The molecule has 2 atom stereocenters. The SMILES string of the molecule is CCC1OC1COCCCCCOC. The summed E-state index contributed by atoms with van der Waals surface area (Å²) in [4.78, 5) is 0. The number of unbranched alkanes of at least 4 members (excludes halogenated alkanes) is 2. The van der Waals surface area contributed by atoms with Crippen molar-refractivity contribution in [3.8, 4) is 0 Å². The molecule has 0 saturated carbocycles. The largest absolute Gasteiger partial charge is 0.385 e. The van der Waals surface area contributed by atoms with Crippen LogP contribution in [0.4, 0.5) is 0 Å². The van der Waals surface area contributed by atoms with Crippen molar-refractivity contribution >= 4 is 0 Å². The zero-order valence-corrected chi connectivity index (χ0v) is 9.33. The molecule has 14 heavy (non-hydrogen) atoms. The predicted molar refractivity (Wildman–Crippen MR) is 55.5 cm³/mol. The monoisotopic (exact) mass is 202 g/mol. The highest BCUT2D eigenvalue weighted by Crippen LogP contribution is 2.24. The lowest BCUT2D eigenvalue weighted by molar-refractivity contribution is 0.110. The van der Waals surface area contributed by atoms with Crippen LogP contribution in [0, 0.1) is 0 Å². The van der Waals surface area contributed by atoms with E-state index in [0.29, 0.717) is 12.2 Å². The second kappa shape index (κ2) is 7.21. The highest BCUT2D eigenvalue weighted by molar-refractivity contribution is 4.82. The van der Waals surface area contributed by atoms with Crippen molar-refractivity contribution in [1.82, 2.24) is 0 Å². The van der Waals surface area contributed by atoms with E-state index in [2.05, 4.69) is 6.92 Å². The van der Waals surface area contributed by atoms with E-state index in [4.69, 9.17) is 14.2 Å². The van der Waals surface area contributed by atoms with E-state index < -0.39 is 0 Å². The fraction of sp³-hybridized carbons (Fsp3) is 1.00. The molecule has 0 spiro atoms. The smallest absolute Gasteiger partial charge is 0.107 e. The van der Waals surface area contributed by atoms with Gasteiger partial charge in [0.15, 0.2) is 0 Å². The molecule has 84 valence electrons. The van der Waals surface area contributed by atoms with Crippen molar-refractivity contribution < 1.29 is 14.2 Å². The molecule has 1 aliphatic heterocycles. The maximum Gasteiger partial charge on any atom is 0.107 e. The van der Waals surface area contributed by atoms with Gasteiger partial charge < -0.3 is 14.2 Å². The minimum Gasteiger partial charge on any atom is -0.385 e. The Morgan fingerprint density at radius 1 is 1.07 bits per heavy atom. The van der Waals surface area contributed by atoms with Crippen molar-refractivity contribution in [2.75, 3.05) is 26.9 Å². The molecule has 0 N–H and O–H groups in total. The molecule has 3 heteroatoms. The van der Waals surface area contributed by atoms with Gasteiger partial charge in [-0.05, 0) is 25.7 Å². The van der Waals surface area contributed by atoms with Crippen LogP contribution in [0.3, 0.4) is 0 Å². The van der Waals surface area contributed by atoms with Crippen molar-refractivity contribution in [2.24, 2.45) is 0 Å². The number of methoxy groups -OCH3 is 1. The molecule has 0 aromatic heterocycles. The van der Waals surface area contributed by atoms with Crippen LogP contribution in [0.15, 0.2) is 0 Å². The van der Waals surface area contributed by atoms with Gasteiger partial charge in [-0.3, -0.25) is 0 Å². The second-order valence-electron chi connectivity index (χ2n) is 3.75. The Morgan fingerprint density at radius 2 is 1.86 bits per heavy atom. The Hall–Kier alpha value is -0.120. The molecule has 2 unspecified atom stereocenters. The van der Waals surface area contributed by atoms with Crippen LogP contribution in [0.2, 0.25) is 0 Å². The average molecular weight is 202 g/mol. The molecule has 1 rings (SSSR count). The van der Waals surface area contributed by atoms with Crippen LogP contribution in [-0.4, -0.2) is 39.1 Å². The lowest BCUT2D eigenvalue weighted by Gasteiger charge is -2.01. The standard InChI is InChI=1S/C11H22O3/c1-3-10-11(14-10)9-13-8-6-4-5-7-12-2/h10-11H,3-9H2,1-2H3. The number of rotatable bonds is 9. The van der Waals surface area contributed by atoms with Crippen LogP contribution < -0.4 is 0 Å². The summed E-state index contributed by atoms with van der Waals surface area (Å²) in [6.45, 7) is 4.65. The lowest BCUT2D eigenvalue weighted by Crippen LogP contribution is -2.05. The maximum absolute atomic E-state index is 5.50. The summed E-state index contributed by atoms with van der Waals surface area (Å²) in [5.41, 5.74) is 0. The number of ether oxygens (including phenoxy) is 3. The molecule has 1 saturated heterocycles. The van der Waals surface area contributed by atoms with Gasteiger partial charge in [-0.25, -0.2) is 0 Å². The van der Waals surface area contributed by atoms with Crippen LogP contribution in [-0.2, 0) is 14.2 Å². The zero-order chi connectivity index (χ0) is 10.2. The highest BCUT2D eigenvalue weighted by atomic mass is 16.6. The minimum atomic E-state index is 0.388. The third kappa shape index (κ3) is 4.94. The molecular weight excluding hydrogens is 180 g/mol. The first-order valence-corrected chi connectivity index (χ1v) is 5.60. The summed E-state index contributed by atoms with van der Waals surface area (Å²) in [7, 11) is 1.74. The van der Waals surface area contributed by atoms with Gasteiger partial charge in [0.2, 0.25) is 0 Å². The summed E-state index contributed by atoms with van der Waals surface area (Å²) in [5, 5.41) is 0. The van der Waals surface area contributed by atoms with Gasteiger partial charge in [0.25, 0.3) is 0 Å². The van der Waals surface area contributed by atoms with Crippen molar-refractivity contribution in [3.63, 3.8) is 0 Å². The van der Waals surface area contributed by atoms with Crippen LogP contribution in [0.1, 0.15) is 32.6 Å². The summed E-state index contributed by atoms with van der Waals surface area (Å²) in [6, 6.07) is 0. The quantitative estimate of drug-likeness (QED) is 0.423. The van der Waals surface area contributed by atoms with Gasteiger partial charge in [0.05, 0.1) is 12.7 Å². The highest BCUT2D eigenvalue weighted by Gasteiger charge is 2.36. The molecule has 0 bridgehead atoms. The van der Waals surface area contributed by atoms with E-state index in [9.17, 15) is 0 Å². The molecule has 1 fully saturated rings. The molecule has 1 heterocycles. The van der Waals surface area contributed by atoms with Gasteiger partial charge >= 0.3 is 0 Å². The first kappa shape index (κ1) is 12.0. The fourth-order valence-corrected chi connectivity index (χ4v) is 1.51. The van der Waals surface area contributed by atoms with E-state index in [1.165, 1.54) is 6.42 Å². The first-order chi connectivity index (χ1) is 6.88. The maximum atomic E-state index is 5.50. The molecular formula is C11H22O3. The van der Waals surface area contributed by atoms with E-state index in [1.54, 1.807) is 7.11 Å². The van der Waals surface area contributed by atoms with E-state index in [0.717, 1.165) is 39.1 Å². The average Bonchev–Trinajstić information content (AvgIpc) is 2.95. The third-order valence-electron chi connectivity index (χ3n) is 2.51. The van der Waals surface area contributed by atoms with Gasteiger partial charge in [-0.1, -0.05) is 6.92 Å². The summed E-state index contributed by atoms with van der Waals surface area (Å²) < 4.78 is 15.8. The zero-order valence-electron chi connectivity index (χ0n) is 9.33. The van der Waals surface area contributed by atoms with Gasteiger partial charge in [0.1, 0.15) is 6.10 Å². The third-order valence-corrected chi connectivity index (χ3v) is 2.51. The van der Waals surface area contributed by atoms with Crippen molar-refractivity contribution in [2.45, 2.75) is 44.8 Å². The van der Waals surface area contributed by atoms with Gasteiger partial charge in [-0.2, -0.15) is 0 Å². The normalized spacial score (nSPS) is 25.3. The summed E-state index contributed by atoms with van der Waals surface area (Å²) in [5.74, 6) is 0. The predicted octanol–water partition coefficient (Wildman–Crippen LogP) is 2.00. The molecule has 1 aliphatic rings. The molecule has 3 nitrogen and oxygen atoms in total. The molecule has 0 amide bonds. The Bertz CT molecular complexity index is 138. The number of hydrogen-bond acceptors (Lipinski definition) is 3. The van der Waals surface area contributed by atoms with E-state index in [-0.39, 0.29) is 0 Å². The topological polar surface area (TPSA) is 31.0 Å². The van der Waals surface area contributed by atoms with Gasteiger partial charge in [-0.15, -0.1) is 0 Å². The minimum absolute atomic E-state index is 0.388. The summed E-state index contributed by atoms with van der Waals surface area (Å²) in [6.07, 6.45) is 5.44. The molecule has 0 aromatic rings. The second-order valence-corrected chi connectivity index (χ2v) is 3.75. The fourth-order valence-electron chi connectivity index (χ4n) is 1.51. The lowest BCUT2D eigenvalue weighted by atomic mass is 10.2. The Labute approximate surface area is 86.7 Å². The van der Waals surface area contributed by atoms with E-state index in [1.807, 2.05) is 0 Å². The summed E-state index contributed by atoms with van der Waals surface area (Å²) >= 11 is 0. The first-order valence-electron chi connectivity index (χ1n) is 5.60. The van der Waals surface area contributed by atoms with Crippen LogP contribution in [0.5, 0.6) is 0 Å². The Kier molecular flexibility index (Phi) is 6.15.